The number of nitrogens with one attached hydrogen (secondary N) is 3. The molecule has 0 atom stereocenters. The molecule has 1 aromatic rings. The zero-order valence-electron chi connectivity index (χ0n) is 10.2. The second kappa shape index (κ2) is 5.94. The molecule has 19 heavy (non-hydrogen) atoms. The molecule has 1 fully saturated rings. The Bertz CT molecular complexity index is 473. The number of amides is 3. The molecule has 0 unspecified atom stereocenters. The molecule has 3 amide bonds. The van der Waals surface area contributed by atoms with Gasteiger partial charge in [-0.05, 0) is 18.6 Å². The Balaban J connectivity index is 1.73. The normalized spacial score (nSPS) is 14.9. The van der Waals surface area contributed by atoms with Gasteiger partial charge < -0.3 is 5.32 Å². The van der Waals surface area contributed by atoms with Crippen molar-refractivity contribution in [3.05, 3.63) is 30.1 Å². The Morgan fingerprint density at radius 1 is 1.26 bits per heavy atom. The minimum Gasteiger partial charge on any atom is -0.350 e. The van der Waals surface area contributed by atoms with Gasteiger partial charge in [-0.3, -0.25) is 30.2 Å². The third-order valence-electron chi connectivity index (χ3n) is 2.79. The van der Waals surface area contributed by atoms with Crippen molar-refractivity contribution in [2.45, 2.75) is 19.4 Å². The zero-order valence-corrected chi connectivity index (χ0v) is 10.2. The van der Waals surface area contributed by atoms with E-state index < -0.39 is 5.92 Å². The van der Waals surface area contributed by atoms with Gasteiger partial charge >= 0.3 is 0 Å². The minimum absolute atomic E-state index is 0.123. The highest BCUT2D eigenvalue weighted by molar-refractivity contribution is 6.05. The van der Waals surface area contributed by atoms with Crippen LogP contribution < -0.4 is 16.2 Å². The molecule has 3 N–H and O–H groups in total. The van der Waals surface area contributed by atoms with E-state index in [9.17, 15) is 14.4 Å². The van der Waals surface area contributed by atoms with Crippen LogP contribution in [0.2, 0.25) is 0 Å². The molecular formula is C12H14N4O3. The summed E-state index contributed by atoms with van der Waals surface area (Å²) >= 11 is 0. The molecule has 0 aromatic carbocycles. The fourth-order valence-corrected chi connectivity index (χ4v) is 1.73. The fourth-order valence-electron chi connectivity index (χ4n) is 1.73. The lowest BCUT2D eigenvalue weighted by atomic mass is 10.0. The predicted molar refractivity (Wildman–Crippen MR) is 65.1 cm³/mol. The number of hydrazine groups is 1. The Kier molecular flexibility index (Phi) is 4.07. The van der Waals surface area contributed by atoms with Gasteiger partial charge in [0.2, 0.25) is 5.91 Å². The number of pyridine rings is 1. The number of aromatic nitrogens is 1. The van der Waals surface area contributed by atoms with E-state index in [1.807, 2.05) is 6.07 Å². The molecule has 1 aliphatic heterocycles. The van der Waals surface area contributed by atoms with Gasteiger partial charge in [-0.2, -0.15) is 0 Å². The lowest BCUT2D eigenvalue weighted by molar-refractivity contribution is -0.128. The SMILES string of the molecule is O=C(CCC1C(=O)NNC1=O)NCc1ccccn1. The summed E-state index contributed by atoms with van der Waals surface area (Å²) in [7, 11) is 0. The van der Waals surface area contributed by atoms with Crippen molar-refractivity contribution in [3.8, 4) is 0 Å². The highest BCUT2D eigenvalue weighted by Crippen LogP contribution is 2.10. The standard InChI is InChI=1S/C12H14N4O3/c17-10(14-7-8-3-1-2-6-13-8)5-4-9-11(18)15-16-12(9)19/h1-3,6,9H,4-5,7H2,(H,14,17)(H,15,18)(H,16,19). The first-order valence-corrected chi connectivity index (χ1v) is 5.93. The van der Waals surface area contributed by atoms with Crippen molar-refractivity contribution in [1.29, 1.82) is 0 Å². The van der Waals surface area contributed by atoms with E-state index in [2.05, 4.69) is 21.2 Å². The summed E-state index contributed by atoms with van der Waals surface area (Å²) < 4.78 is 0. The van der Waals surface area contributed by atoms with Crippen LogP contribution in [0.4, 0.5) is 0 Å². The minimum atomic E-state index is -0.777. The van der Waals surface area contributed by atoms with Gasteiger partial charge in [0.25, 0.3) is 11.8 Å². The number of rotatable bonds is 5. The van der Waals surface area contributed by atoms with Crippen molar-refractivity contribution >= 4 is 17.7 Å². The van der Waals surface area contributed by atoms with Gasteiger partial charge in [-0.15, -0.1) is 0 Å². The maximum Gasteiger partial charge on any atom is 0.251 e. The quantitative estimate of drug-likeness (QED) is 0.608. The third kappa shape index (κ3) is 3.51. The third-order valence-corrected chi connectivity index (χ3v) is 2.79. The molecule has 0 saturated carbocycles. The van der Waals surface area contributed by atoms with Crippen LogP contribution in [0, 0.1) is 5.92 Å². The highest BCUT2D eigenvalue weighted by atomic mass is 16.2. The van der Waals surface area contributed by atoms with Crippen LogP contribution in [-0.2, 0) is 20.9 Å². The van der Waals surface area contributed by atoms with Gasteiger partial charge in [0, 0.05) is 12.6 Å². The molecule has 0 bridgehead atoms. The Morgan fingerprint density at radius 2 is 2.00 bits per heavy atom. The van der Waals surface area contributed by atoms with Crippen LogP contribution in [0.1, 0.15) is 18.5 Å². The van der Waals surface area contributed by atoms with Crippen LogP contribution >= 0.6 is 0 Å². The molecule has 0 aliphatic carbocycles. The van der Waals surface area contributed by atoms with E-state index >= 15 is 0 Å². The second-order valence-electron chi connectivity index (χ2n) is 4.17. The number of hydrogen-bond donors (Lipinski definition) is 3. The van der Waals surface area contributed by atoms with Gasteiger partial charge in [-0.25, -0.2) is 0 Å². The van der Waals surface area contributed by atoms with Crippen molar-refractivity contribution in [2.75, 3.05) is 0 Å². The molecule has 0 spiro atoms. The summed E-state index contributed by atoms with van der Waals surface area (Å²) in [6, 6.07) is 5.43. The molecular weight excluding hydrogens is 248 g/mol. The Morgan fingerprint density at radius 3 is 2.63 bits per heavy atom. The van der Waals surface area contributed by atoms with Gasteiger partial charge in [0.1, 0.15) is 5.92 Å². The molecule has 0 radical (unpaired) electrons. The van der Waals surface area contributed by atoms with Crippen molar-refractivity contribution in [1.82, 2.24) is 21.2 Å². The first-order valence-electron chi connectivity index (χ1n) is 5.93. The average molecular weight is 262 g/mol. The molecule has 2 rings (SSSR count). The summed E-state index contributed by atoms with van der Waals surface area (Å²) in [4.78, 5) is 38.1. The molecule has 7 nitrogen and oxygen atoms in total. The van der Waals surface area contributed by atoms with E-state index in [-0.39, 0.29) is 30.6 Å². The number of hydrogen-bond acceptors (Lipinski definition) is 4. The average Bonchev–Trinajstić information content (AvgIpc) is 2.75. The smallest absolute Gasteiger partial charge is 0.251 e. The van der Waals surface area contributed by atoms with Crippen molar-refractivity contribution in [3.63, 3.8) is 0 Å². The van der Waals surface area contributed by atoms with Crippen LogP contribution in [0.15, 0.2) is 24.4 Å². The predicted octanol–water partition coefficient (Wildman–Crippen LogP) is -0.745. The first kappa shape index (κ1) is 13.0. The second-order valence-corrected chi connectivity index (χ2v) is 4.17. The number of carbonyl (C=O) groups excluding carboxylic acids is 3. The Labute approximate surface area is 109 Å². The van der Waals surface area contributed by atoms with E-state index in [1.165, 1.54) is 0 Å². The summed E-state index contributed by atoms with van der Waals surface area (Å²) in [6.45, 7) is 0.336. The summed E-state index contributed by atoms with van der Waals surface area (Å²) in [5.74, 6) is -1.76. The molecule has 1 aromatic heterocycles. The lowest BCUT2D eigenvalue weighted by Gasteiger charge is -2.06. The van der Waals surface area contributed by atoms with E-state index in [1.54, 1.807) is 18.3 Å². The van der Waals surface area contributed by atoms with Gasteiger partial charge in [0.05, 0.1) is 12.2 Å². The summed E-state index contributed by atoms with van der Waals surface area (Å²) in [5.41, 5.74) is 5.20. The molecule has 1 aliphatic rings. The van der Waals surface area contributed by atoms with Gasteiger partial charge in [0.15, 0.2) is 0 Å². The van der Waals surface area contributed by atoms with Gasteiger partial charge in [-0.1, -0.05) is 6.07 Å². The van der Waals surface area contributed by atoms with Crippen LogP contribution in [-0.4, -0.2) is 22.7 Å². The van der Waals surface area contributed by atoms with Crippen molar-refractivity contribution in [2.24, 2.45) is 5.92 Å². The number of carbonyl (C=O) groups is 3. The lowest BCUT2D eigenvalue weighted by Crippen LogP contribution is -2.28. The fraction of sp³-hybridized carbons (Fsp3) is 0.333. The van der Waals surface area contributed by atoms with E-state index in [4.69, 9.17) is 0 Å². The van der Waals surface area contributed by atoms with E-state index in [0.29, 0.717) is 6.54 Å². The molecule has 7 heteroatoms. The molecule has 2 heterocycles. The summed E-state index contributed by atoms with van der Waals surface area (Å²) in [6.07, 6.45) is 1.97. The maximum absolute atomic E-state index is 11.6. The van der Waals surface area contributed by atoms with Crippen molar-refractivity contribution < 1.29 is 14.4 Å². The molecule has 100 valence electrons. The highest BCUT2D eigenvalue weighted by Gasteiger charge is 2.32. The number of nitrogens with zero attached hydrogens (tertiary/aromatic N) is 1. The van der Waals surface area contributed by atoms with Crippen LogP contribution in [0.25, 0.3) is 0 Å². The first-order chi connectivity index (χ1) is 9.16. The monoisotopic (exact) mass is 262 g/mol. The zero-order chi connectivity index (χ0) is 13.7. The van der Waals surface area contributed by atoms with E-state index in [0.717, 1.165) is 5.69 Å². The Hall–Kier alpha value is -2.44. The maximum atomic E-state index is 11.6. The molecule has 1 saturated heterocycles. The summed E-state index contributed by atoms with van der Waals surface area (Å²) in [5, 5.41) is 2.69. The topological polar surface area (TPSA) is 100 Å². The van der Waals surface area contributed by atoms with Crippen LogP contribution in [0.5, 0.6) is 0 Å². The van der Waals surface area contributed by atoms with Crippen LogP contribution in [0.3, 0.4) is 0 Å². The largest absolute Gasteiger partial charge is 0.350 e.